The summed E-state index contributed by atoms with van der Waals surface area (Å²) in [5.41, 5.74) is 21.1. The highest BCUT2D eigenvalue weighted by Crippen LogP contribution is 2.42. The maximum atomic E-state index is 2.36. The van der Waals surface area contributed by atoms with Crippen LogP contribution in [0.5, 0.6) is 0 Å². The molecule has 0 fully saturated rings. The molecule has 0 atom stereocenters. The Labute approximate surface area is 377 Å². The molecule has 10 aromatic rings. The van der Waals surface area contributed by atoms with E-state index in [0.717, 1.165) is 34.1 Å². The first-order chi connectivity index (χ1) is 31.6. The number of hydrogen-bond donors (Lipinski definition) is 0. The maximum Gasteiger partial charge on any atom is 0.0464 e. The number of anilines is 6. The van der Waals surface area contributed by atoms with Gasteiger partial charge in [0, 0.05) is 34.1 Å². The van der Waals surface area contributed by atoms with E-state index < -0.39 is 0 Å². The molecule has 0 saturated carbocycles. The smallest absolute Gasteiger partial charge is 0.0464 e. The fourth-order valence-electron chi connectivity index (χ4n) is 8.81. The van der Waals surface area contributed by atoms with Crippen LogP contribution >= 0.6 is 0 Å². The fourth-order valence-corrected chi connectivity index (χ4v) is 8.81. The molecular weight excluding hydrogens is 773 g/mol. The molecule has 0 saturated heterocycles. The summed E-state index contributed by atoms with van der Waals surface area (Å²) in [4.78, 5) is 4.72. The minimum Gasteiger partial charge on any atom is -0.310 e. The van der Waals surface area contributed by atoms with E-state index in [1.54, 1.807) is 0 Å². The highest BCUT2D eigenvalue weighted by molar-refractivity contribution is 5.85. The molecule has 0 aliphatic rings. The second-order valence-corrected chi connectivity index (χ2v) is 16.3. The van der Waals surface area contributed by atoms with Gasteiger partial charge in [0.15, 0.2) is 0 Å². The van der Waals surface area contributed by atoms with Gasteiger partial charge in [-0.05, 0) is 153 Å². The molecule has 0 aliphatic carbocycles. The molecule has 0 unspecified atom stereocenters. The predicted octanol–water partition coefficient (Wildman–Crippen LogP) is 17.6. The third-order valence-corrected chi connectivity index (χ3v) is 12.2. The largest absolute Gasteiger partial charge is 0.310 e. The third-order valence-electron chi connectivity index (χ3n) is 12.2. The van der Waals surface area contributed by atoms with E-state index in [4.69, 9.17) is 0 Å². The molecule has 10 aromatic carbocycles. The minimum absolute atomic E-state index is 1.11. The molecule has 0 aromatic heterocycles. The Morgan fingerprint density at radius 2 is 0.406 bits per heavy atom. The lowest BCUT2D eigenvalue weighted by atomic mass is 9.95. The third kappa shape index (κ3) is 8.38. The number of aryl methyl sites for hydroxylation is 2. The van der Waals surface area contributed by atoms with Crippen LogP contribution in [0.1, 0.15) is 11.1 Å². The van der Waals surface area contributed by atoms with Crippen LogP contribution in [-0.2, 0) is 0 Å². The standard InChI is InChI=1S/C62H48N2/c1-45-43-59(63(55-31-23-51(24-32-55)47-15-7-3-8-16-47)56-33-25-52(26-34-56)48-17-9-4-10-18-48)39-41-61(45)62-42-40-60(44-46(62)2)64(57-35-27-53(28-36-57)49-19-11-5-12-20-49)58-37-29-54(30-38-58)50-21-13-6-14-22-50/h3-44H,1-2H3. The molecule has 2 nitrogen and oxygen atoms in total. The van der Waals surface area contributed by atoms with Crippen molar-refractivity contribution in [3.63, 3.8) is 0 Å². The van der Waals surface area contributed by atoms with Crippen LogP contribution in [0.15, 0.2) is 255 Å². The average molecular weight is 821 g/mol. The molecule has 0 bridgehead atoms. The van der Waals surface area contributed by atoms with Gasteiger partial charge in [0.05, 0.1) is 0 Å². The Hall–Kier alpha value is -8.20. The van der Waals surface area contributed by atoms with E-state index in [0.29, 0.717) is 0 Å². The van der Waals surface area contributed by atoms with Crippen LogP contribution < -0.4 is 9.80 Å². The van der Waals surface area contributed by atoms with Gasteiger partial charge in [-0.15, -0.1) is 0 Å². The molecule has 0 N–H and O–H groups in total. The predicted molar refractivity (Wildman–Crippen MR) is 272 cm³/mol. The summed E-state index contributed by atoms with van der Waals surface area (Å²) in [6.45, 7) is 4.46. The molecule has 2 heteroatoms. The number of benzene rings is 10. The lowest BCUT2D eigenvalue weighted by Gasteiger charge is -2.28. The van der Waals surface area contributed by atoms with Crippen molar-refractivity contribution in [3.05, 3.63) is 266 Å². The van der Waals surface area contributed by atoms with Gasteiger partial charge in [0.25, 0.3) is 0 Å². The van der Waals surface area contributed by atoms with E-state index in [2.05, 4.69) is 278 Å². The second kappa shape index (κ2) is 18.0. The zero-order chi connectivity index (χ0) is 43.2. The molecule has 10 rings (SSSR count). The van der Waals surface area contributed by atoms with Gasteiger partial charge >= 0.3 is 0 Å². The first kappa shape index (κ1) is 39.9. The van der Waals surface area contributed by atoms with Crippen LogP contribution in [0.25, 0.3) is 55.6 Å². The van der Waals surface area contributed by atoms with Crippen molar-refractivity contribution in [2.45, 2.75) is 13.8 Å². The SMILES string of the molecule is Cc1cc(N(c2ccc(-c3ccccc3)cc2)c2ccc(-c3ccccc3)cc2)ccc1-c1ccc(N(c2ccc(-c3ccccc3)cc2)c2ccc(-c3ccccc3)cc2)cc1C. The summed E-state index contributed by atoms with van der Waals surface area (Å²) in [5, 5.41) is 0. The van der Waals surface area contributed by atoms with Crippen molar-refractivity contribution in [2.75, 3.05) is 9.80 Å². The van der Waals surface area contributed by atoms with Gasteiger partial charge in [-0.3, -0.25) is 0 Å². The fraction of sp³-hybridized carbons (Fsp3) is 0.0323. The van der Waals surface area contributed by atoms with E-state index in [9.17, 15) is 0 Å². The normalized spacial score (nSPS) is 11.0. The second-order valence-electron chi connectivity index (χ2n) is 16.3. The minimum atomic E-state index is 1.11. The summed E-state index contributed by atoms with van der Waals surface area (Å²) in [5.74, 6) is 0. The average Bonchev–Trinajstić information content (AvgIpc) is 3.36. The lowest BCUT2D eigenvalue weighted by molar-refractivity contribution is 1.26. The first-order valence-electron chi connectivity index (χ1n) is 22.0. The van der Waals surface area contributed by atoms with E-state index in [-0.39, 0.29) is 0 Å². The summed E-state index contributed by atoms with van der Waals surface area (Å²) in [7, 11) is 0. The van der Waals surface area contributed by atoms with Crippen molar-refractivity contribution in [3.8, 4) is 55.6 Å². The Kier molecular flexibility index (Phi) is 11.2. The van der Waals surface area contributed by atoms with Crippen molar-refractivity contribution in [1.82, 2.24) is 0 Å². The summed E-state index contributed by atoms with van der Waals surface area (Å²) < 4.78 is 0. The highest BCUT2D eigenvalue weighted by atomic mass is 15.1. The van der Waals surface area contributed by atoms with Crippen LogP contribution in [0.4, 0.5) is 34.1 Å². The Bertz CT molecular complexity index is 2720. The zero-order valence-corrected chi connectivity index (χ0v) is 36.1. The van der Waals surface area contributed by atoms with Gasteiger partial charge < -0.3 is 9.80 Å². The Balaban J connectivity index is 0.996. The molecular formula is C62H48N2. The number of hydrogen-bond acceptors (Lipinski definition) is 2. The quantitative estimate of drug-likeness (QED) is 0.128. The first-order valence-corrected chi connectivity index (χ1v) is 22.0. The van der Waals surface area contributed by atoms with Gasteiger partial charge in [-0.1, -0.05) is 182 Å². The summed E-state index contributed by atoms with van der Waals surface area (Å²) in [6, 6.07) is 91.7. The molecule has 0 spiro atoms. The molecule has 0 radical (unpaired) electrons. The zero-order valence-electron chi connectivity index (χ0n) is 36.1. The maximum absolute atomic E-state index is 2.36. The number of nitrogens with zero attached hydrogens (tertiary/aromatic N) is 2. The monoisotopic (exact) mass is 820 g/mol. The Morgan fingerprint density at radius 3 is 0.625 bits per heavy atom. The van der Waals surface area contributed by atoms with E-state index >= 15 is 0 Å². The molecule has 0 aliphatic heterocycles. The van der Waals surface area contributed by atoms with Crippen molar-refractivity contribution in [2.24, 2.45) is 0 Å². The van der Waals surface area contributed by atoms with Crippen LogP contribution in [0, 0.1) is 13.8 Å². The van der Waals surface area contributed by atoms with Gasteiger partial charge in [-0.25, -0.2) is 0 Å². The van der Waals surface area contributed by atoms with Crippen LogP contribution in [-0.4, -0.2) is 0 Å². The highest BCUT2D eigenvalue weighted by Gasteiger charge is 2.18. The topological polar surface area (TPSA) is 6.48 Å². The van der Waals surface area contributed by atoms with E-state index in [1.807, 2.05) is 0 Å². The molecule has 0 heterocycles. The molecule has 0 amide bonds. The van der Waals surface area contributed by atoms with Crippen molar-refractivity contribution < 1.29 is 0 Å². The molecule has 64 heavy (non-hydrogen) atoms. The van der Waals surface area contributed by atoms with Gasteiger partial charge in [-0.2, -0.15) is 0 Å². The van der Waals surface area contributed by atoms with Crippen LogP contribution in [0.2, 0.25) is 0 Å². The van der Waals surface area contributed by atoms with Crippen molar-refractivity contribution in [1.29, 1.82) is 0 Å². The van der Waals surface area contributed by atoms with Gasteiger partial charge in [0.1, 0.15) is 0 Å². The van der Waals surface area contributed by atoms with Crippen LogP contribution in [0.3, 0.4) is 0 Å². The summed E-state index contributed by atoms with van der Waals surface area (Å²) >= 11 is 0. The molecule has 306 valence electrons. The lowest BCUT2D eigenvalue weighted by Crippen LogP contribution is -2.11. The van der Waals surface area contributed by atoms with E-state index in [1.165, 1.54) is 66.8 Å². The summed E-state index contributed by atoms with van der Waals surface area (Å²) in [6.07, 6.45) is 0. The number of rotatable bonds is 11. The van der Waals surface area contributed by atoms with Crippen molar-refractivity contribution >= 4 is 34.1 Å². The Morgan fingerprint density at radius 1 is 0.203 bits per heavy atom. The van der Waals surface area contributed by atoms with Gasteiger partial charge in [0.2, 0.25) is 0 Å².